The third-order valence-electron chi connectivity index (χ3n) is 2.69. The Labute approximate surface area is 105 Å². The monoisotopic (exact) mass is 255 g/mol. The molecular formula is C11H17N3O2S. The first-order valence-electron chi connectivity index (χ1n) is 5.90. The average Bonchev–Trinajstić information content (AvgIpc) is 3.07. The molecule has 94 valence electrons. The van der Waals surface area contributed by atoms with E-state index in [9.17, 15) is 4.79 Å². The molecule has 1 heterocycles. The Bertz CT molecular complexity index is 390. The highest BCUT2D eigenvalue weighted by Gasteiger charge is 2.28. The summed E-state index contributed by atoms with van der Waals surface area (Å²) in [4.78, 5) is 17.8. The Morgan fingerprint density at radius 3 is 2.94 bits per heavy atom. The van der Waals surface area contributed by atoms with Gasteiger partial charge in [0.15, 0.2) is 0 Å². The van der Waals surface area contributed by atoms with E-state index in [0.29, 0.717) is 5.92 Å². The smallest absolute Gasteiger partial charge is 0.325 e. The maximum Gasteiger partial charge on any atom is 0.325 e. The summed E-state index contributed by atoms with van der Waals surface area (Å²) in [5.41, 5.74) is 0. The maximum atomic E-state index is 11.3. The molecule has 5 nitrogen and oxygen atoms in total. The number of aromatic nitrogens is 2. The molecule has 1 aliphatic rings. The Morgan fingerprint density at radius 2 is 2.35 bits per heavy atom. The van der Waals surface area contributed by atoms with Gasteiger partial charge in [-0.2, -0.15) is 4.37 Å². The lowest BCUT2D eigenvalue weighted by Gasteiger charge is -2.18. The molecule has 0 saturated heterocycles. The highest BCUT2D eigenvalue weighted by atomic mass is 32.1. The van der Waals surface area contributed by atoms with E-state index in [2.05, 4.69) is 16.3 Å². The van der Waals surface area contributed by atoms with Gasteiger partial charge in [-0.3, -0.25) is 4.79 Å². The fourth-order valence-electron chi connectivity index (χ4n) is 1.59. The van der Waals surface area contributed by atoms with Crippen molar-refractivity contribution in [3.05, 3.63) is 5.82 Å². The second kappa shape index (κ2) is 5.44. The van der Waals surface area contributed by atoms with Gasteiger partial charge in [-0.25, -0.2) is 4.98 Å². The fraction of sp³-hybridized carbons (Fsp3) is 0.727. The molecule has 1 fully saturated rings. The fourth-order valence-corrected chi connectivity index (χ4v) is 2.37. The van der Waals surface area contributed by atoms with Gasteiger partial charge in [0.05, 0.1) is 7.11 Å². The standard InChI is InChI=1S/C11H17N3O2S/c1-3-6-14(7-9(15)16-2)11-12-10(13-17-11)8-4-5-8/h8H,3-7H2,1-2H3. The summed E-state index contributed by atoms with van der Waals surface area (Å²) in [5, 5.41) is 0.833. The van der Waals surface area contributed by atoms with Gasteiger partial charge in [0, 0.05) is 24.0 Å². The second-order valence-electron chi connectivity index (χ2n) is 4.21. The molecule has 1 aromatic rings. The van der Waals surface area contributed by atoms with Crippen molar-refractivity contribution in [1.29, 1.82) is 0 Å². The first-order valence-corrected chi connectivity index (χ1v) is 6.67. The van der Waals surface area contributed by atoms with Crippen LogP contribution < -0.4 is 4.90 Å². The normalized spacial score (nSPS) is 14.7. The van der Waals surface area contributed by atoms with Crippen molar-refractivity contribution in [3.8, 4) is 0 Å². The number of esters is 1. The van der Waals surface area contributed by atoms with E-state index < -0.39 is 0 Å². The molecule has 2 rings (SSSR count). The van der Waals surface area contributed by atoms with Crippen LogP contribution in [0.5, 0.6) is 0 Å². The zero-order chi connectivity index (χ0) is 12.3. The molecule has 0 atom stereocenters. The molecule has 1 aromatic heterocycles. The lowest BCUT2D eigenvalue weighted by Crippen LogP contribution is -2.31. The Hall–Kier alpha value is -1.17. The number of methoxy groups -OCH3 is 1. The zero-order valence-electron chi connectivity index (χ0n) is 10.2. The molecule has 1 aliphatic carbocycles. The van der Waals surface area contributed by atoms with Gasteiger partial charge in [-0.15, -0.1) is 0 Å². The topological polar surface area (TPSA) is 55.3 Å². The number of hydrogen-bond acceptors (Lipinski definition) is 6. The van der Waals surface area contributed by atoms with Crippen molar-refractivity contribution >= 4 is 22.6 Å². The molecule has 0 radical (unpaired) electrons. The van der Waals surface area contributed by atoms with Gasteiger partial charge < -0.3 is 9.64 Å². The summed E-state index contributed by atoms with van der Waals surface area (Å²) in [6.07, 6.45) is 3.36. The van der Waals surface area contributed by atoms with Crippen LogP contribution in [0.1, 0.15) is 37.9 Å². The van der Waals surface area contributed by atoms with Crippen molar-refractivity contribution in [3.63, 3.8) is 0 Å². The number of hydrogen-bond donors (Lipinski definition) is 0. The number of rotatable bonds is 6. The van der Waals surface area contributed by atoms with Crippen LogP contribution >= 0.6 is 11.5 Å². The van der Waals surface area contributed by atoms with Crippen LogP contribution in [0.4, 0.5) is 5.13 Å². The molecule has 6 heteroatoms. The lowest BCUT2D eigenvalue weighted by atomic mass is 10.4. The predicted octanol–water partition coefficient (Wildman–Crippen LogP) is 1.80. The van der Waals surface area contributed by atoms with E-state index in [1.807, 2.05) is 4.90 Å². The molecule has 0 bridgehead atoms. The summed E-state index contributed by atoms with van der Waals surface area (Å²) in [6, 6.07) is 0. The lowest BCUT2D eigenvalue weighted by molar-refractivity contribution is -0.138. The molecule has 0 unspecified atom stereocenters. The van der Waals surface area contributed by atoms with Crippen molar-refractivity contribution in [2.75, 3.05) is 25.1 Å². The summed E-state index contributed by atoms with van der Waals surface area (Å²) >= 11 is 1.38. The summed E-state index contributed by atoms with van der Waals surface area (Å²) in [7, 11) is 1.40. The van der Waals surface area contributed by atoms with Crippen LogP contribution in [0.3, 0.4) is 0 Å². The quantitative estimate of drug-likeness (QED) is 0.726. The summed E-state index contributed by atoms with van der Waals surface area (Å²) < 4.78 is 9.04. The Balaban J connectivity index is 2.04. The van der Waals surface area contributed by atoms with Gasteiger partial charge in [-0.1, -0.05) is 6.92 Å². The van der Waals surface area contributed by atoms with Crippen molar-refractivity contribution in [2.45, 2.75) is 32.1 Å². The first kappa shape index (κ1) is 12.3. The second-order valence-corrected chi connectivity index (χ2v) is 4.94. The highest BCUT2D eigenvalue weighted by Crippen LogP contribution is 2.39. The van der Waals surface area contributed by atoms with Crippen LogP contribution in [-0.2, 0) is 9.53 Å². The van der Waals surface area contributed by atoms with Crippen LogP contribution in [0.2, 0.25) is 0 Å². The minimum atomic E-state index is -0.235. The largest absolute Gasteiger partial charge is 0.468 e. The highest BCUT2D eigenvalue weighted by molar-refractivity contribution is 7.09. The SMILES string of the molecule is CCCN(CC(=O)OC)c1nc(C2CC2)ns1. The predicted molar refractivity (Wildman–Crippen MR) is 66.4 cm³/mol. The summed E-state index contributed by atoms with van der Waals surface area (Å²) in [6.45, 7) is 3.13. The van der Waals surface area contributed by atoms with E-state index in [4.69, 9.17) is 4.74 Å². The van der Waals surface area contributed by atoms with Gasteiger partial charge in [0.2, 0.25) is 5.13 Å². The maximum absolute atomic E-state index is 11.3. The van der Waals surface area contributed by atoms with Crippen molar-refractivity contribution in [2.24, 2.45) is 0 Å². The number of anilines is 1. The van der Waals surface area contributed by atoms with Crippen LogP contribution in [0.15, 0.2) is 0 Å². The molecule has 0 N–H and O–H groups in total. The van der Waals surface area contributed by atoms with Crippen LogP contribution in [-0.4, -0.2) is 35.5 Å². The van der Waals surface area contributed by atoms with E-state index in [1.165, 1.54) is 31.5 Å². The third-order valence-corrected chi connectivity index (χ3v) is 3.48. The van der Waals surface area contributed by atoms with Gasteiger partial charge >= 0.3 is 5.97 Å². The average molecular weight is 255 g/mol. The van der Waals surface area contributed by atoms with E-state index in [1.54, 1.807) is 0 Å². The zero-order valence-corrected chi connectivity index (χ0v) is 11.0. The Kier molecular flexibility index (Phi) is 3.93. The minimum absolute atomic E-state index is 0.235. The van der Waals surface area contributed by atoms with Crippen LogP contribution in [0, 0.1) is 0 Å². The molecule has 1 saturated carbocycles. The number of ether oxygens (including phenoxy) is 1. The van der Waals surface area contributed by atoms with Crippen LogP contribution in [0.25, 0.3) is 0 Å². The first-order chi connectivity index (χ1) is 8.24. The van der Waals surface area contributed by atoms with Gasteiger partial charge in [-0.05, 0) is 19.3 Å². The molecule has 17 heavy (non-hydrogen) atoms. The van der Waals surface area contributed by atoms with Gasteiger partial charge in [0.25, 0.3) is 0 Å². The third kappa shape index (κ3) is 3.15. The number of nitrogens with zero attached hydrogens (tertiary/aromatic N) is 3. The molecule has 0 spiro atoms. The van der Waals surface area contributed by atoms with Crippen molar-refractivity contribution in [1.82, 2.24) is 9.36 Å². The Morgan fingerprint density at radius 1 is 1.59 bits per heavy atom. The van der Waals surface area contributed by atoms with E-state index >= 15 is 0 Å². The molecular weight excluding hydrogens is 238 g/mol. The van der Waals surface area contributed by atoms with Crippen molar-refractivity contribution < 1.29 is 9.53 Å². The molecule has 0 aliphatic heterocycles. The number of carbonyl (C=O) groups is 1. The molecule has 0 aromatic carbocycles. The van der Waals surface area contributed by atoms with E-state index in [0.717, 1.165) is 23.9 Å². The summed E-state index contributed by atoms with van der Waals surface area (Å²) in [5.74, 6) is 1.26. The van der Waals surface area contributed by atoms with Gasteiger partial charge in [0.1, 0.15) is 12.4 Å². The minimum Gasteiger partial charge on any atom is -0.468 e. The van der Waals surface area contributed by atoms with E-state index in [-0.39, 0.29) is 12.5 Å². The number of carbonyl (C=O) groups excluding carboxylic acids is 1. The molecule has 0 amide bonds.